The molecular weight excluding hydrogens is 283 g/mol. The molecule has 0 unspecified atom stereocenters. The standard InChI is InChI=1S/C8H5IN2O2/c9-6-2-4(8(12)13)1-5(3-10)7(6)11/h1-2H,11H2,(H,12,13). The van der Waals surface area contributed by atoms with Crippen molar-refractivity contribution in [2.75, 3.05) is 5.73 Å². The minimum Gasteiger partial charge on any atom is -0.478 e. The number of carbonyl (C=O) groups is 1. The van der Waals surface area contributed by atoms with E-state index in [9.17, 15) is 4.79 Å². The van der Waals surface area contributed by atoms with Crippen LogP contribution in [0.2, 0.25) is 0 Å². The Labute approximate surface area is 88.1 Å². The van der Waals surface area contributed by atoms with Crippen LogP contribution >= 0.6 is 22.6 Å². The highest BCUT2D eigenvalue weighted by Crippen LogP contribution is 2.21. The van der Waals surface area contributed by atoms with Crippen molar-refractivity contribution < 1.29 is 9.90 Å². The van der Waals surface area contributed by atoms with Crippen molar-refractivity contribution >= 4 is 34.2 Å². The molecule has 66 valence electrons. The van der Waals surface area contributed by atoms with Crippen molar-refractivity contribution in [1.29, 1.82) is 5.26 Å². The molecule has 3 N–H and O–H groups in total. The normalized spacial score (nSPS) is 9.23. The lowest BCUT2D eigenvalue weighted by molar-refractivity contribution is 0.0697. The van der Waals surface area contributed by atoms with Crippen LogP contribution in [0.3, 0.4) is 0 Å². The molecule has 0 atom stereocenters. The number of rotatable bonds is 1. The molecule has 5 heteroatoms. The summed E-state index contributed by atoms with van der Waals surface area (Å²) in [7, 11) is 0. The Balaban J connectivity index is 3.41. The zero-order chi connectivity index (χ0) is 10.0. The maximum atomic E-state index is 10.6. The van der Waals surface area contributed by atoms with Crippen LogP contribution in [-0.4, -0.2) is 11.1 Å². The highest BCUT2D eigenvalue weighted by Gasteiger charge is 2.09. The second kappa shape index (κ2) is 3.62. The van der Waals surface area contributed by atoms with Gasteiger partial charge in [0.25, 0.3) is 0 Å². The molecule has 0 saturated heterocycles. The predicted molar refractivity (Wildman–Crippen MR) is 55.2 cm³/mol. The summed E-state index contributed by atoms with van der Waals surface area (Å²) in [5.74, 6) is -1.06. The van der Waals surface area contributed by atoms with Gasteiger partial charge in [0, 0.05) is 3.57 Å². The summed E-state index contributed by atoms with van der Waals surface area (Å²) < 4.78 is 0.578. The van der Waals surface area contributed by atoms with Gasteiger partial charge in [-0.15, -0.1) is 0 Å². The summed E-state index contributed by atoms with van der Waals surface area (Å²) in [6, 6.07) is 4.53. The van der Waals surface area contributed by atoms with Crippen molar-refractivity contribution in [3.63, 3.8) is 0 Å². The van der Waals surface area contributed by atoms with Crippen molar-refractivity contribution in [2.24, 2.45) is 0 Å². The number of anilines is 1. The lowest BCUT2D eigenvalue weighted by atomic mass is 10.1. The van der Waals surface area contributed by atoms with Gasteiger partial charge in [0.15, 0.2) is 0 Å². The number of nitrogen functional groups attached to an aromatic ring is 1. The van der Waals surface area contributed by atoms with E-state index < -0.39 is 5.97 Å². The lowest BCUT2D eigenvalue weighted by Crippen LogP contribution is -2.01. The number of halogens is 1. The highest BCUT2D eigenvalue weighted by molar-refractivity contribution is 14.1. The predicted octanol–water partition coefficient (Wildman–Crippen LogP) is 1.44. The molecule has 0 radical (unpaired) electrons. The molecule has 0 aliphatic carbocycles. The van der Waals surface area contributed by atoms with Crippen LogP contribution in [0.5, 0.6) is 0 Å². The fourth-order valence-electron chi connectivity index (χ4n) is 0.834. The van der Waals surface area contributed by atoms with Gasteiger partial charge in [-0.3, -0.25) is 0 Å². The number of hydrogen-bond acceptors (Lipinski definition) is 3. The van der Waals surface area contributed by atoms with E-state index in [0.29, 0.717) is 9.26 Å². The van der Waals surface area contributed by atoms with Gasteiger partial charge >= 0.3 is 5.97 Å². The van der Waals surface area contributed by atoms with E-state index in [2.05, 4.69) is 0 Å². The monoisotopic (exact) mass is 288 g/mol. The quantitative estimate of drug-likeness (QED) is 0.604. The maximum absolute atomic E-state index is 10.6. The molecule has 0 saturated carbocycles. The average molecular weight is 288 g/mol. The molecule has 4 nitrogen and oxygen atoms in total. The van der Waals surface area contributed by atoms with Gasteiger partial charge in [0.2, 0.25) is 0 Å². The number of aromatic carboxylic acids is 1. The van der Waals surface area contributed by atoms with Gasteiger partial charge in [-0.1, -0.05) is 0 Å². The summed E-state index contributed by atoms with van der Waals surface area (Å²) in [5, 5.41) is 17.3. The van der Waals surface area contributed by atoms with Gasteiger partial charge in [-0.05, 0) is 34.7 Å². The largest absolute Gasteiger partial charge is 0.478 e. The van der Waals surface area contributed by atoms with Gasteiger partial charge < -0.3 is 10.8 Å². The van der Waals surface area contributed by atoms with Gasteiger partial charge in [0.05, 0.1) is 16.8 Å². The van der Waals surface area contributed by atoms with Crippen molar-refractivity contribution in [3.05, 3.63) is 26.8 Å². The first-order chi connectivity index (χ1) is 6.06. The molecule has 1 aromatic carbocycles. The van der Waals surface area contributed by atoms with E-state index in [1.165, 1.54) is 12.1 Å². The van der Waals surface area contributed by atoms with Gasteiger partial charge in [0.1, 0.15) is 6.07 Å². The summed E-state index contributed by atoms with van der Waals surface area (Å²) in [5.41, 5.74) is 6.14. The number of carboxylic acid groups (broad SMARTS) is 1. The van der Waals surface area contributed by atoms with E-state index in [4.69, 9.17) is 16.1 Å². The van der Waals surface area contributed by atoms with Gasteiger partial charge in [-0.2, -0.15) is 5.26 Å². The van der Waals surface area contributed by atoms with Crippen LogP contribution in [0.25, 0.3) is 0 Å². The van der Waals surface area contributed by atoms with E-state index in [0.717, 1.165) is 0 Å². The number of hydrogen-bond donors (Lipinski definition) is 2. The van der Waals surface area contributed by atoms with Crippen molar-refractivity contribution in [2.45, 2.75) is 0 Å². The Kier molecular flexibility index (Phi) is 2.72. The van der Waals surface area contributed by atoms with Crippen LogP contribution in [-0.2, 0) is 0 Å². The minimum absolute atomic E-state index is 0.0788. The molecule has 0 aliphatic rings. The first-order valence-electron chi connectivity index (χ1n) is 3.28. The fraction of sp³-hybridized carbons (Fsp3) is 0. The summed E-state index contributed by atoms with van der Waals surface area (Å²) in [6.07, 6.45) is 0. The topological polar surface area (TPSA) is 87.1 Å². The van der Waals surface area contributed by atoms with E-state index >= 15 is 0 Å². The third-order valence-corrected chi connectivity index (χ3v) is 2.39. The van der Waals surface area contributed by atoms with Crippen molar-refractivity contribution in [3.8, 4) is 6.07 Å². The number of nitrogens with zero attached hydrogens (tertiary/aromatic N) is 1. The molecule has 0 heterocycles. The fourth-order valence-corrected chi connectivity index (χ4v) is 1.46. The third kappa shape index (κ3) is 1.89. The highest BCUT2D eigenvalue weighted by atomic mass is 127. The van der Waals surface area contributed by atoms with E-state index in [1.807, 2.05) is 28.7 Å². The summed E-state index contributed by atoms with van der Waals surface area (Å²) >= 11 is 1.89. The molecule has 0 bridgehead atoms. The Bertz CT molecular complexity index is 409. The number of nitrogens with two attached hydrogens (primary N) is 1. The van der Waals surface area contributed by atoms with Crippen LogP contribution in [0, 0.1) is 14.9 Å². The average Bonchev–Trinajstić information content (AvgIpc) is 2.09. The van der Waals surface area contributed by atoms with E-state index in [-0.39, 0.29) is 11.1 Å². The molecule has 0 fully saturated rings. The lowest BCUT2D eigenvalue weighted by Gasteiger charge is -2.02. The minimum atomic E-state index is -1.06. The Morgan fingerprint density at radius 1 is 1.62 bits per heavy atom. The molecular formula is C8H5IN2O2. The summed E-state index contributed by atoms with van der Waals surface area (Å²) in [4.78, 5) is 10.6. The van der Waals surface area contributed by atoms with Crippen molar-refractivity contribution in [1.82, 2.24) is 0 Å². The smallest absolute Gasteiger partial charge is 0.335 e. The molecule has 0 spiro atoms. The zero-order valence-electron chi connectivity index (χ0n) is 6.41. The van der Waals surface area contributed by atoms with Crippen LogP contribution in [0.15, 0.2) is 12.1 Å². The Morgan fingerprint density at radius 2 is 2.23 bits per heavy atom. The first-order valence-corrected chi connectivity index (χ1v) is 4.36. The number of carboxylic acids is 1. The zero-order valence-corrected chi connectivity index (χ0v) is 8.57. The molecule has 0 amide bonds. The maximum Gasteiger partial charge on any atom is 0.335 e. The molecule has 1 rings (SSSR count). The van der Waals surface area contributed by atoms with Crippen LogP contribution in [0.1, 0.15) is 15.9 Å². The second-order valence-electron chi connectivity index (χ2n) is 2.34. The SMILES string of the molecule is N#Cc1cc(C(=O)O)cc(I)c1N. The van der Waals surface area contributed by atoms with Crippen LogP contribution in [0.4, 0.5) is 5.69 Å². The number of nitriles is 1. The second-order valence-corrected chi connectivity index (χ2v) is 3.50. The Morgan fingerprint density at radius 3 is 2.69 bits per heavy atom. The first kappa shape index (κ1) is 9.80. The van der Waals surface area contributed by atoms with E-state index in [1.54, 1.807) is 0 Å². The van der Waals surface area contributed by atoms with Crippen LogP contribution < -0.4 is 5.73 Å². The third-order valence-electron chi connectivity index (χ3n) is 1.50. The number of benzene rings is 1. The molecule has 13 heavy (non-hydrogen) atoms. The molecule has 0 aromatic heterocycles. The Hall–Kier alpha value is -1.29. The summed E-state index contributed by atoms with van der Waals surface area (Å²) in [6.45, 7) is 0. The molecule has 0 aliphatic heterocycles. The van der Waals surface area contributed by atoms with Gasteiger partial charge in [-0.25, -0.2) is 4.79 Å². The molecule has 1 aromatic rings.